The minimum atomic E-state index is -3.66. The van der Waals surface area contributed by atoms with Gasteiger partial charge in [0.15, 0.2) is 0 Å². The Hall–Kier alpha value is -0.980. The Kier molecular flexibility index (Phi) is 4.70. The smallest absolute Gasteiger partial charge is 0.243 e. The molecule has 4 nitrogen and oxygen atoms in total. The monoisotopic (exact) mass is 315 g/mol. The van der Waals surface area contributed by atoms with Crippen molar-refractivity contribution in [2.24, 2.45) is 0 Å². The van der Waals surface area contributed by atoms with Gasteiger partial charge in [0.05, 0.1) is 11.0 Å². The van der Waals surface area contributed by atoms with Crippen molar-refractivity contribution in [3.8, 4) is 0 Å². The average molecular weight is 315 g/mol. The summed E-state index contributed by atoms with van der Waals surface area (Å²) < 4.78 is 40.6. The van der Waals surface area contributed by atoms with E-state index in [0.717, 1.165) is 12.8 Å². The van der Waals surface area contributed by atoms with Crippen molar-refractivity contribution < 1.29 is 17.9 Å². The van der Waals surface area contributed by atoms with Crippen LogP contribution in [0.5, 0.6) is 0 Å². The predicted molar refractivity (Wildman–Crippen MR) is 79.1 cm³/mol. The first-order valence-corrected chi connectivity index (χ1v) is 8.64. The summed E-state index contributed by atoms with van der Waals surface area (Å²) in [5.74, 6) is -0.425. The second-order valence-electron chi connectivity index (χ2n) is 5.87. The van der Waals surface area contributed by atoms with Gasteiger partial charge >= 0.3 is 0 Å². The number of aliphatic hydroxyl groups excluding tert-OH is 1. The molecule has 1 saturated heterocycles. The lowest BCUT2D eigenvalue weighted by Gasteiger charge is -2.26. The Morgan fingerprint density at radius 1 is 1.38 bits per heavy atom. The number of benzene rings is 1. The number of rotatable bonds is 4. The van der Waals surface area contributed by atoms with E-state index >= 15 is 0 Å². The Morgan fingerprint density at radius 3 is 2.48 bits per heavy atom. The Bertz CT molecular complexity index is 605. The number of halogens is 1. The molecule has 21 heavy (non-hydrogen) atoms. The van der Waals surface area contributed by atoms with Gasteiger partial charge in [-0.1, -0.05) is 0 Å². The highest BCUT2D eigenvalue weighted by atomic mass is 32.2. The molecule has 0 saturated carbocycles. The first-order valence-electron chi connectivity index (χ1n) is 7.20. The van der Waals surface area contributed by atoms with Crippen molar-refractivity contribution >= 4 is 10.0 Å². The lowest BCUT2D eigenvalue weighted by Crippen LogP contribution is -2.37. The van der Waals surface area contributed by atoms with Crippen LogP contribution in [-0.4, -0.2) is 36.5 Å². The number of hydrogen-bond acceptors (Lipinski definition) is 3. The summed E-state index contributed by atoms with van der Waals surface area (Å²) in [6.45, 7) is 5.35. The molecule has 0 aromatic heterocycles. The van der Waals surface area contributed by atoms with Gasteiger partial charge in [-0.05, 0) is 63.3 Å². The predicted octanol–water partition coefficient (Wildman–Crippen LogP) is 2.37. The molecule has 1 N–H and O–H groups in total. The third kappa shape index (κ3) is 3.27. The van der Waals surface area contributed by atoms with Crippen LogP contribution in [-0.2, 0) is 10.0 Å². The molecule has 1 fully saturated rings. The van der Waals surface area contributed by atoms with Crippen LogP contribution >= 0.6 is 0 Å². The third-order valence-electron chi connectivity index (χ3n) is 3.93. The molecule has 2 atom stereocenters. The van der Waals surface area contributed by atoms with Gasteiger partial charge in [0, 0.05) is 12.6 Å². The number of aryl methyl sites for hydroxylation is 2. The molecular formula is C15H22FNO3S. The highest BCUT2D eigenvalue weighted by Crippen LogP contribution is 2.32. The molecule has 1 aliphatic rings. The molecule has 118 valence electrons. The van der Waals surface area contributed by atoms with Crippen molar-refractivity contribution in [1.29, 1.82) is 0 Å². The summed E-state index contributed by atoms with van der Waals surface area (Å²) in [7, 11) is -3.66. The molecule has 2 unspecified atom stereocenters. The molecule has 0 aliphatic carbocycles. The summed E-state index contributed by atoms with van der Waals surface area (Å²) in [6, 6.07) is 2.32. The Morgan fingerprint density at radius 2 is 1.95 bits per heavy atom. The second kappa shape index (κ2) is 6.02. The van der Waals surface area contributed by atoms with Gasteiger partial charge in [-0.25, -0.2) is 12.8 Å². The quantitative estimate of drug-likeness (QED) is 0.928. The van der Waals surface area contributed by atoms with Crippen molar-refractivity contribution in [2.45, 2.75) is 57.1 Å². The molecule has 2 rings (SSSR count). The number of sulfonamides is 1. The topological polar surface area (TPSA) is 57.6 Å². The van der Waals surface area contributed by atoms with Crippen LogP contribution in [0.3, 0.4) is 0 Å². The van der Waals surface area contributed by atoms with E-state index in [0.29, 0.717) is 24.1 Å². The van der Waals surface area contributed by atoms with Gasteiger partial charge in [-0.15, -0.1) is 0 Å². The maximum absolute atomic E-state index is 13.4. The fourth-order valence-corrected chi connectivity index (χ4v) is 5.30. The minimum absolute atomic E-state index is 0.182. The first-order chi connectivity index (χ1) is 9.73. The van der Waals surface area contributed by atoms with E-state index in [1.54, 1.807) is 20.8 Å². The third-order valence-corrected chi connectivity index (χ3v) is 6.19. The molecule has 6 heteroatoms. The molecule has 1 aromatic carbocycles. The summed E-state index contributed by atoms with van der Waals surface area (Å²) in [5.41, 5.74) is 0.852. The molecule has 1 heterocycles. The van der Waals surface area contributed by atoms with Crippen LogP contribution in [0.15, 0.2) is 17.0 Å². The zero-order valence-electron chi connectivity index (χ0n) is 12.6. The van der Waals surface area contributed by atoms with Gasteiger partial charge in [0.1, 0.15) is 5.82 Å². The lowest BCUT2D eigenvalue weighted by atomic mass is 10.1. The van der Waals surface area contributed by atoms with Crippen LogP contribution < -0.4 is 0 Å². The zero-order chi connectivity index (χ0) is 15.8. The molecule has 0 amide bonds. The van der Waals surface area contributed by atoms with Crippen molar-refractivity contribution in [3.05, 3.63) is 29.1 Å². The Balaban J connectivity index is 2.43. The summed E-state index contributed by atoms with van der Waals surface area (Å²) in [6.07, 6.45) is 1.43. The molecular weight excluding hydrogens is 293 g/mol. The lowest BCUT2D eigenvalue weighted by molar-refractivity contribution is 0.158. The number of nitrogens with zero attached hydrogens (tertiary/aromatic N) is 1. The first kappa shape index (κ1) is 16.4. The van der Waals surface area contributed by atoms with E-state index in [4.69, 9.17) is 0 Å². The van der Waals surface area contributed by atoms with E-state index in [-0.39, 0.29) is 10.9 Å². The maximum Gasteiger partial charge on any atom is 0.243 e. The second-order valence-corrected chi connectivity index (χ2v) is 7.69. The summed E-state index contributed by atoms with van der Waals surface area (Å²) in [5, 5.41) is 9.54. The van der Waals surface area contributed by atoms with Gasteiger partial charge in [0.2, 0.25) is 10.0 Å². The molecule has 0 bridgehead atoms. The van der Waals surface area contributed by atoms with Crippen LogP contribution in [0.25, 0.3) is 0 Å². The largest absolute Gasteiger partial charge is 0.393 e. The normalized spacial score (nSPS) is 21.7. The zero-order valence-corrected chi connectivity index (χ0v) is 13.5. The number of aliphatic hydroxyl groups is 1. The van der Waals surface area contributed by atoms with E-state index in [1.165, 1.54) is 16.4 Å². The molecule has 0 radical (unpaired) electrons. The van der Waals surface area contributed by atoms with Crippen LogP contribution in [0, 0.1) is 19.7 Å². The van der Waals surface area contributed by atoms with Gasteiger partial charge in [-0.3, -0.25) is 0 Å². The molecule has 1 aliphatic heterocycles. The van der Waals surface area contributed by atoms with Crippen LogP contribution in [0.1, 0.15) is 37.3 Å². The maximum atomic E-state index is 13.4. The highest BCUT2D eigenvalue weighted by molar-refractivity contribution is 7.89. The standard InChI is InChI=1S/C15H22FNO3S/c1-10-7-13(16)8-11(2)15(10)21(19,20)17-6-4-5-14(17)9-12(3)18/h7-8,12,14,18H,4-6,9H2,1-3H3. The average Bonchev–Trinajstić information content (AvgIpc) is 2.74. The van der Waals surface area contributed by atoms with Crippen molar-refractivity contribution in [3.63, 3.8) is 0 Å². The molecule has 1 aromatic rings. The van der Waals surface area contributed by atoms with E-state index in [2.05, 4.69) is 0 Å². The minimum Gasteiger partial charge on any atom is -0.393 e. The van der Waals surface area contributed by atoms with Gasteiger partial charge < -0.3 is 5.11 Å². The fraction of sp³-hybridized carbons (Fsp3) is 0.600. The molecule has 0 spiro atoms. The van der Waals surface area contributed by atoms with E-state index < -0.39 is 21.9 Å². The summed E-state index contributed by atoms with van der Waals surface area (Å²) >= 11 is 0. The SMILES string of the molecule is Cc1cc(F)cc(C)c1S(=O)(=O)N1CCCC1CC(C)O. The Labute approximate surface area is 125 Å². The van der Waals surface area contributed by atoms with Crippen LogP contribution in [0.2, 0.25) is 0 Å². The van der Waals surface area contributed by atoms with Gasteiger partial charge in [0.25, 0.3) is 0 Å². The van der Waals surface area contributed by atoms with Crippen molar-refractivity contribution in [1.82, 2.24) is 4.31 Å². The number of hydrogen-bond donors (Lipinski definition) is 1. The van der Waals surface area contributed by atoms with E-state index in [9.17, 15) is 17.9 Å². The fourth-order valence-electron chi connectivity index (χ4n) is 3.18. The van der Waals surface area contributed by atoms with Crippen molar-refractivity contribution in [2.75, 3.05) is 6.54 Å². The highest BCUT2D eigenvalue weighted by Gasteiger charge is 2.37. The van der Waals surface area contributed by atoms with Gasteiger partial charge in [-0.2, -0.15) is 4.31 Å². The summed E-state index contributed by atoms with van der Waals surface area (Å²) in [4.78, 5) is 0.196. The van der Waals surface area contributed by atoms with Crippen LogP contribution in [0.4, 0.5) is 4.39 Å². The van der Waals surface area contributed by atoms with E-state index in [1.807, 2.05) is 0 Å².